The lowest BCUT2D eigenvalue weighted by molar-refractivity contribution is -0.223. The van der Waals surface area contributed by atoms with Crippen LogP contribution >= 0.6 is 0 Å². The number of nitrogens with zero attached hydrogens (tertiary/aromatic N) is 1. The summed E-state index contributed by atoms with van der Waals surface area (Å²) in [7, 11) is 0. The zero-order chi connectivity index (χ0) is 13.6. The van der Waals surface area contributed by atoms with Crippen molar-refractivity contribution in [1.82, 2.24) is 4.90 Å². The van der Waals surface area contributed by atoms with Crippen LogP contribution in [0.15, 0.2) is 0 Å². The molecule has 1 atom stereocenters. The largest absolute Gasteiger partial charge is 0.383 e. The first-order valence-corrected chi connectivity index (χ1v) is 6.00. The number of primary amides is 1. The molecule has 1 unspecified atom stereocenters. The maximum atomic E-state index is 13.9. The van der Waals surface area contributed by atoms with Gasteiger partial charge in [-0.2, -0.15) is 8.78 Å². The molecule has 7 heteroatoms. The maximum absolute atomic E-state index is 13.9. The van der Waals surface area contributed by atoms with Crippen molar-refractivity contribution in [1.29, 1.82) is 0 Å². The number of hydrogen-bond acceptors (Lipinski definition) is 3. The van der Waals surface area contributed by atoms with Crippen LogP contribution in [0, 0.1) is 0 Å². The molecule has 18 heavy (non-hydrogen) atoms. The summed E-state index contributed by atoms with van der Waals surface area (Å²) in [6, 6.07) is -0.980. The molecule has 1 saturated carbocycles. The van der Waals surface area contributed by atoms with E-state index < -0.39 is 29.4 Å². The number of halogens is 2. The molecule has 0 spiro atoms. The average Bonchev–Trinajstić information content (AvgIpc) is 2.73. The molecule has 5 nitrogen and oxygen atoms in total. The maximum Gasteiger partial charge on any atom is 0.352 e. The molecule has 0 radical (unpaired) electrons. The van der Waals surface area contributed by atoms with E-state index in [4.69, 9.17) is 5.73 Å². The molecular formula is C11H16F2N2O3. The summed E-state index contributed by atoms with van der Waals surface area (Å²) in [5, 5.41) is 9.68. The number of rotatable bonds is 3. The van der Waals surface area contributed by atoms with Crippen LogP contribution in [0.3, 0.4) is 0 Å². The fraction of sp³-hybridized carbons (Fsp3) is 0.818. The molecule has 2 fully saturated rings. The van der Waals surface area contributed by atoms with Crippen molar-refractivity contribution in [2.45, 2.75) is 49.7 Å². The van der Waals surface area contributed by atoms with Gasteiger partial charge in [0.15, 0.2) is 0 Å². The Balaban J connectivity index is 2.18. The monoisotopic (exact) mass is 262 g/mol. The standard InChI is InChI=1S/C11H16F2N2O3/c12-11(13,10(18)4-2-5-10)9(17)15-6-1-3-7(15)8(14)16/h7,18H,1-6H2,(H2,14,16). The Morgan fingerprint density at radius 1 is 1.33 bits per heavy atom. The van der Waals surface area contributed by atoms with Crippen molar-refractivity contribution in [3.8, 4) is 0 Å². The highest BCUT2D eigenvalue weighted by atomic mass is 19.3. The summed E-state index contributed by atoms with van der Waals surface area (Å²) >= 11 is 0. The van der Waals surface area contributed by atoms with Gasteiger partial charge in [0.05, 0.1) is 0 Å². The lowest BCUT2D eigenvalue weighted by Gasteiger charge is -2.43. The summed E-state index contributed by atoms with van der Waals surface area (Å²) in [6.07, 6.45) is 1.05. The van der Waals surface area contributed by atoms with E-state index in [0.29, 0.717) is 19.3 Å². The van der Waals surface area contributed by atoms with Gasteiger partial charge in [-0.25, -0.2) is 0 Å². The van der Waals surface area contributed by atoms with Crippen LogP contribution in [0.5, 0.6) is 0 Å². The molecule has 102 valence electrons. The Kier molecular flexibility index (Phi) is 3.04. The SMILES string of the molecule is NC(=O)C1CCCN1C(=O)C(F)(F)C1(O)CCC1. The van der Waals surface area contributed by atoms with E-state index in [-0.39, 0.29) is 19.4 Å². The quantitative estimate of drug-likeness (QED) is 0.751. The topological polar surface area (TPSA) is 83.6 Å². The molecule has 1 aliphatic heterocycles. The zero-order valence-electron chi connectivity index (χ0n) is 9.86. The Morgan fingerprint density at radius 3 is 2.39 bits per heavy atom. The molecule has 2 rings (SSSR count). The van der Waals surface area contributed by atoms with Gasteiger partial charge < -0.3 is 15.7 Å². The number of hydrogen-bond donors (Lipinski definition) is 2. The van der Waals surface area contributed by atoms with Gasteiger partial charge in [0.2, 0.25) is 5.91 Å². The minimum atomic E-state index is -3.84. The molecule has 0 aromatic heterocycles. The summed E-state index contributed by atoms with van der Waals surface area (Å²) in [4.78, 5) is 23.7. The highest BCUT2D eigenvalue weighted by molar-refractivity contribution is 5.91. The first kappa shape index (κ1) is 13.2. The van der Waals surface area contributed by atoms with Crippen LogP contribution in [0.4, 0.5) is 8.78 Å². The van der Waals surface area contributed by atoms with Gasteiger partial charge in [-0.15, -0.1) is 0 Å². The Labute approximate surface area is 103 Å². The lowest BCUT2D eigenvalue weighted by Crippen LogP contribution is -2.62. The van der Waals surface area contributed by atoms with Gasteiger partial charge in [-0.05, 0) is 32.1 Å². The molecule has 3 N–H and O–H groups in total. The summed E-state index contributed by atoms with van der Waals surface area (Å²) in [5.74, 6) is -6.10. The first-order valence-electron chi connectivity index (χ1n) is 6.00. The second-order valence-corrected chi connectivity index (χ2v) is 5.02. The Hall–Kier alpha value is -1.24. The number of alkyl halides is 2. The van der Waals surface area contributed by atoms with E-state index in [2.05, 4.69) is 0 Å². The minimum absolute atomic E-state index is 0.0815. The Bertz CT molecular complexity index is 382. The normalized spacial score (nSPS) is 26.8. The molecular weight excluding hydrogens is 246 g/mol. The average molecular weight is 262 g/mol. The summed E-state index contributed by atoms with van der Waals surface area (Å²) < 4.78 is 27.9. The third kappa shape index (κ3) is 1.77. The van der Waals surface area contributed by atoms with Crippen LogP contribution in [0.2, 0.25) is 0 Å². The van der Waals surface area contributed by atoms with Gasteiger partial charge in [-0.3, -0.25) is 9.59 Å². The molecule has 0 aromatic rings. The second-order valence-electron chi connectivity index (χ2n) is 5.02. The van der Waals surface area contributed by atoms with E-state index in [9.17, 15) is 23.5 Å². The van der Waals surface area contributed by atoms with Crippen molar-refractivity contribution in [2.75, 3.05) is 6.54 Å². The van der Waals surface area contributed by atoms with E-state index >= 15 is 0 Å². The van der Waals surface area contributed by atoms with Gasteiger partial charge >= 0.3 is 5.92 Å². The van der Waals surface area contributed by atoms with Gasteiger partial charge in [0, 0.05) is 6.54 Å². The Morgan fingerprint density at radius 2 is 1.94 bits per heavy atom. The molecule has 0 bridgehead atoms. The van der Waals surface area contributed by atoms with E-state index in [1.54, 1.807) is 0 Å². The van der Waals surface area contributed by atoms with Crippen molar-refractivity contribution >= 4 is 11.8 Å². The van der Waals surface area contributed by atoms with E-state index in [0.717, 1.165) is 4.90 Å². The smallest absolute Gasteiger partial charge is 0.352 e. The van der Waals surface area contributed by atoms with Gasteiger partial charge in [0.25, 0.3) is 5.91 Å². The van der Waals surface area contributed by atoms with Crippen molar-refractivity contribution in [3.05, 3.63) is 0 Å². The van der Waals surface area contributed by atoms with Crippen LogP contribution in [-0.4, -0.2) is 45.9 Å². The third-order valence-corrected chi connectivity index (χ3v) is 3.88. The molecule has 1 saturated heterocycles. The zero-order valence-corrected chi connectivity index (χ0v) is 9.86. The number of likely N-dealkylation sites (tertiary alicyclic amines) is 1. The van der Waals surface area contributed by atoms with Crippen LogP contribution in [-0.2, 0) is 9.59 Å². The minimum Gasteiger partial charge on any atom is -0.383 e. The first-order chi connectivity index (χ1) is 8.29. The van der Waals surface area contributed by atoms with E-state index in [1.807, 2.05) is 0 Å². The van der Waals surface area contributed by atoms with Crippen molar-refractivity contribution < 1.29 is 23.5 Å². The van der Waals surface area contributed by atoms with Crippen molar-refractivity contribution in [2.24, 2.45) is 5.73 Å². The number of aliphatic hydroxyl groups is 1. The van der Waals surface area contributed by atoms with E-state index in [1.165, 1.54) is 0 Å². The predicted molar refractivity (Wildman–Crippen MR) is 57.7 cm³/mol. The third-order valence-electron chi connectivity index (χ3n) is 3.88. The number of carbonyl (C=O) groups is 2. The van der Waals surface area contributed by atoms with Crippen LogP contribution in [0.1, 0.15) is 32.1 Å². The van der Waals surface area contributed by atoms with Gasteiger partial charge in [-0.1, -0.05) is 0 Å². The number of amides is 2. The fourth-order valence-electron chi connectivity index (χ4n) is 2.51. The highest BCUT2D eigenvalue weighted by Gasteiger charge is 2.63. The number of carbonyl (C=O) groups excluding carboxylic acids is 2. The lowest BCUT2D eigenvalue weighted by atomic mass is 9.75. The summed E-state index contributed by atoms with van der Waals surface area (Å²) in [6.45, 7) is 0.0815. The predicted octanol–water partition coefficient (Wildman–Crippen LogP) is 0.0130. The van der Waals surface area contributed by atoms with Crippen LogP contribution in [0.25, 0.3) is 0 Å². The van der Waals surface area contributed by atoms with Crippen LogP contribution < -0.4 is 5.73 Å². The second kappa shape index (κ2) is 4.15. The van der Waals surface area contributed by atoms with Gasteiger partial charge in [0.1, 0.15) is 11.6 Å². The molecule has 2 aliphatic rings. The fourth-order valence-corrected chi connectivity index (χ4v) is 2.51. The highest BCUT2D eigenvalue weighted by Crippen LogP contribution is 2.45. The molecule has 2 amide bonds. The molecule has 1 heterocycles. The number of nitrogens with two attached hydrogens (primary N) is 1. The van der Waals surface area contributed by atoms with Crippen molar-refractivity contribution in [3.63, 3.8) is 0 Å². The molecule has 0 aromatic carbocycles. The summed E-state index contributed by atoms with van der Waals surface area (Å²) in [5.41, 5.74) is 2.83. The molecule has 1 aliphatic carbocycles.